The van der Waals surface area contributed by atoms with Gasteiger partial charge in [0.1, 0.15) is 6.04 Å². The van der Waals surface area contributed by atoms with Gasteiger partial charge in [-0.25, -0.2) is 13.1 Å². The summed E-state index contributed by atoms with van der Waals surface area (Å²) in [6.07, 6.45) is 1.08. The third-order valence-electron chi connectivity index (χ3n) is 3.13. The Morgan fingerprint density at radius 3 is 2.42 bits per heavy atom. The quantitative estimate of drug-likeness (QED) is 0.753. The maximum Gasteiger partial charge on any atom is 0.241 e. The van der Waals surface area contributed by atoms with Crippen LogP contribution in [-0.2, 0) is 14.8 Å². The lowest BCUT2D eigenvalue weighted by molar-refractivity contribution is -0.136. The van der Waals surface area contributed by atoms with Gasteiger partial charge in [0, 0.05) is 25.7 Å². The van der Waals surface area contributed by atoms with Gasteiger partial charge >= 0.3 is 0 Å². The van der Waals surface area contributed by atoms with Gasteiger partial charge in [-0.3, -0.25) is 4.79 Å². The van der Waals surface area contributed by atoms with E-state index in [1.807, 2.05) is 27.7 Å². The Morgan fingerprint density at radius 1 is 1.42 bits per heavy atom. The SMILES string of the molecule is C[C@@H]1CN(C(=O)C(NS(C)(=O)=O)C(C)(C)C)CCN1. The molecule has 0 aromatic heterocycles. The van der Waals surface area contributed by atoms with Crippen LogP contribution in [0.2, 0.25) is 0 Å². The second kappa shape index (κ2) is 5.76. The third-order valence-corrected chi connectivity index (χ3v) is 3.79. The van der Waals surface area contributed by atoms with Crippen LogP contribution in [0.4, 0.5) is 0 Å². The summed E-state index contributed by atoms with van der Waals surface area (Å²) >= 11 is 0. The number of amides is 1. The molecule has 112 valence electrons. The van der Waals surface area contributed by atoms with Crippen LogP contribution in [0.1, 0.15) is 27.7 Å². The van der Waals surface area contributed by atoms with Crippen molar-refractivity contribution in [3.05, 3.63) is 0 Å². The maximum atomic E-state index is 12.5. The van der Waals surface area contributed by atoms with Crippen molar-refractivity contribution in [1.29, 1.82) is 0 Å². The summed E-state index contributed by atoms with van der Waals surface area (Å²) in [5.74, 6) is -0.147. The number of hydrogen-bond acceptors (Lipinski definition) is 4. The van der Waals surface area contributed by atoms with Gasteiger partial charge in [-0.15, -0.1) is 0 Å². The normalized spacial score (nSPS) is 23.2. The van der Waals surface area contributed by atoms with E-state index in [2.05, 4.69) is 10.0 Å². The van der Waals surface area contributed by atoms with Crippen LogP contribution in [0.5, 0.6) is 0 Å². The third kappa shape index (κ3) is 5.08. The average molecular weight is 291 g/mol. The fraction of sp³-hybridized carbons (Fsp3) is 0.917. The van der Waals surface area contributed by atoms with Gasteiger partial charge in [0.2, 0.25) is 15.9 Å². The van der Waals surface area contributed by atoms with Crippen molar-refractivity contribution in [2.75, 3.05) is 25.9 Å². The molecule has 0 spiro atoms. The molecule has 0 aliphatic carbocycles. The van der Waals surface area contributed by atoms with Crippen molar-refractivity contribution >= 4 is 15.9 Å². The summed E-state index contributed by atoms with van der Waals surface area (Å²) in [4.78, 5) is 14.3. The second-order valence-electron chi connectivity index (χ2n) is 6.33. The van der Waals surface area contributed by atoms with Gasteiger partial charge in [-0.2, -0.15) is 0 Å². The maximum absolute atomic E-state index is 12.5. The van der Waals surface area contributed by atoms with Crippen LogP contribution < -0.4 is 10.0 Å². The van der Waals surface area contributed by atoms with E-state index in [0.29, 0.717) is 13.1 Å². The first-order chi connectivity index (χ1) is 8.50. The number of rotatable bonds is 3. The van der Waals surface area contributed by atoms with Crippen molar-refractivity contribution in [3.63, 3.8) is 0 Å². The predicted octanol–water partition coefficient (Wildman–Crippen LogP) is -0.229. The minimum absolute atomic E-state index is 0.147. The fourth-order valence-electron chi connectivity index (χ4n) is 2.13. The summed E-state index contributed by atoms with van der Waals surface area (Å²) in [6.45, 7) is 9.55. The van der Waals surface area contributed by atoms with E-state index < -0.39 is 21.5 Å². The zero-order valence-corrected chi connectivity index (χ0v) is 13.2. The largest absolute Gasteiger partial charge is 0.338 e. The van der Waals surface area contributed by atoms with E-state index in [-0.39, 0.29) is 11.9 Å². The number of nitrogens with one attached hydrogen (secondary N) is 2. The lowest BCUT2D eigenvalue weighted by atomic mass is 9.86. The van der Waals surface area contributed by atoms with Crippen molar-refractivity contribution in [3.8, 4) is 0 Å². The number of carbonyl (C=O) groups is 1. The summed E-state index contributed by atoms with van der Waals surface area (Å²) in [5.41, 5.74) is -0.464. The fourth-order valence-corrected chi connectivity index (χ4v) is 3.01. The molecule has 2 N–H and O–H groups in total. The molecule has 1 aliphatic heterocycles. The zero-order valence-electron chi connectivity index (χ0n) is 12.4. The van der Waals surface area contributed by atoms with Crippen LogP contribution in [-0.4, -0.2) is 57.2 Å². The van der Waals surface area contributed by atoms with E-state index in [0.717, 1.165) is 12.8 Å². The smallest absolute Gasteiger partial charge is 0.241 e. The van der Waals surface area contributed by atoms with Crippen LogP contribution >= 0.6 is 0 Å². The van der Waals surface area contributed by atoms with Crippen molar-refractivity contribution in [2.45, 2.75) is 39.8 Å². The van der Waals surface area contributed by atoms with E-state index in [4.69, 9.17) is 0 Å². The summed E-state index contributed by atoms with van der Waals surface area (Å²) < 4.78 is 25.4. The number of carbonyl (C=O) groups excluding carboxylic acids is 1. The highest BCUT2D eigenvalue weighted by molar-refractivity contribution is 7.88. The molecule has 1 heterocycles. The van der Waals surface area contributed by atoms with Gasteiger partial charge in [0.15, 0.2) is 0 Å². The molecule has 0 aromatic rings. The topological polar surface area (TPSA) is 78.5 Å². The highest BCUT2D eigenvalue weighted by Crippen LogP contribution is 2.22. The van der Waals surface area contributed by atoms with E-state index >= 15 is 0 Å². The van der Waals surface area contributed by atoms with Gasteiger partial charge in [-0.05, 0) is 12.3 Å². The van der Waals surface area contributed by atoms with Crippen molar-refractivity contribution in [1.82, 2.24) is 14.9 Å². The molecule has 1 unspecified atom stereocenters. The molecular formula is C12H25N3O3S. The Kier molecular flexibility index (Phi) is 4.97. The predicted molar refractivity (Wildman–Crippen MR) is 75.3 cm³/mol. The molecule has 19 heavy (non-hydrogen) atoms. The molecule has 1 saturated heterocycles. The Morgan fingerprint density at radius 2 is 2.00 bits per heavy atom. The minimum atomic E-state index is -3.42. The molecule has 0 radical (unpaired) electrons. The molecule has 2 atom stereocenters. The van der Waals surface area contributed by atoms with Crippen LogP contribution in [0.25, 0.3) is 0 Å². The first-order valence-corrected chi connectivity index (χ1v) is 8.39. The Hall–Kier alpha value is -0.660. The molecule has 0 bridgehead atoms. The molecule has 7 heteroatoms. The number of nitrogens with zero attached hydrogens (tertiary/aromatic N) is 1. The van der Waals surface area contributed by atoms with Crippen molar-refractivity contribution < 1.29 is 13.2 Å². The summed E-state index contributed by atoms with van der Waals surface area (Å²) in [7, 11) is -3.42. The van der Waals surface area contributed by atoms with E-state index in [9.17, 15) is 13.2 Å². The Bertz CT molecular complexity index is 428. The first-order valence-electron chi connectivity index (χ1n) is 6.50. The molecule has 0 saturated carbocycles. The number of sulfonamides is 1. The lowest BCUT2D eigenvalue weighted by Gasteiger charge is -2.38. The summed E-state index contributed by atoms with van der Waals surface area (Å²) in [6, 6.07) is -0.496. The monoisotopic (exact) mass is 291 g/mol. The van der Waals surface area contributed by atoms with Gasteiger partial charge in [-0.1, -0.05) is 20.8 Å². The highest BCUT2D eigenvalue weighted by atomic mass is 32.2. The molecule has 1 fully saturated rings. The Labute approximate surface area is 116 Å². The van der Waals surface area contributed by atoms with Crippen LogP contribution in [0, 0.1) is 5.41 Å². The molecular weight excluding hydrogens is 266 g/mol. The molecule has 1 aliphatic rings. The summed E-state index contributed by atoms with van der Waals surface area (Å²) in [5, 5.41) is 3.26. The standard InChI is InChI=1S/C12H25N3O3S/c1-9-8-15(7-6-13-9)11(16)10(12(2,3)4)14-19(5,17)18/h9-10,13-14H,6-8H2,1-5H3/t9-,10?/m1/s1. The molecule has 6 nitrogen and oxygen atoms in total. The van der Waals surface area contributed by atoms with Gasteiger partial charge in [0.25, 0.3) is 0 Å². The first kappa shape index (κ1) is 16.4. The molecule has 0 aromatic carbocycles. The highest BCUT2D eigenvalue weighted by Gasteiger charge is 2.37. The van der Waals surface area contributed by atoms with Crippen molar-refractivity contribution in [2.24, 2.45) is 5.41 Å². The number of piperazine rings is 1. The number of hydrogen-bond donors (Lipinski definition) is 2. The Balaban J connectivity index is 2.88. The van der Waals surface area contributed by atoms with E-state index in [1.54, 1.807) is 4.90 Å². The zero-order chi connectivity index (χ0) is 14.8. The van der Waals surface area contributed by atoms with Crippen LogP contribution in [0.15, 0.2) is 0 Å². The van der Waals surface area contributed by atoms with Crippen LogP contribution in [0.3, 0.4) is 0 Å². The lowest BCUT2D eigenvalue weighted by Crippen LogP contribution is -2.59. The second-order valence-corrected chi connectivity index (χ2v) is 8.11. The average Bonchev–Trinajstić information content (AvgIpc) is 2.22. The van der Waals surface area contributed by atoms with E-state index in [1.165, 1.54) is 0 Å². The molecule has 1 amide bonds. The van der Waals surface area contributed by atoms with Gasteiger partial charge < -0.3 is 10.2 Å². The molecule has 1 rings (SSSR count). The van der Waals surface area contributed by atoms with Gasteiger partial charge in [0.05, 0.1) is 6.26 Å². The minimum Gasteiger partial charge on any atom is -0.338 e.